The van der Waals surface area contributed by atoms with Crippen molar-refractivity contribution in [1.82, 2.24) is 4.90 Å². The third kappa shape index (κ3) is 4.56. The molecule has 32 heavy (non-hydrogen) atoms. The van der Waals surface area contributed by atoms with Crippen molar-refractivity contribution >= 4 is 18.1 Å². The first-order valence-corrected chi connectivity index (χ1v) is 9.95. The molecule has 4 N–H and O–H groups in total. The first kappa shape index (κ1) is 22.8. The van der Waals surface area contributed by atoms with Gasteiger partial charge in [0.25, 0.3) is 0 Å². The second-order valence-electron chi connectivity index (χ2n) is 7.44. The minimum atomic E-state index is -0.209. The number of phenols is 4. The van der Waals surface area contributed by atoms with E-state index in [0.717, 1.165) is 32.0 Å². The van der Waals surface area contributed by atoms with Gasteiger partial charge < -0.3 is 34.8 Å². The molecule has 0 atom stereocenters. The maximum Gasteiger partial charge on any atom is 0.182 e. The summed E-state index contributed by atoms with van der Waals surface area (Å²) in [5, 5.41) is 38.0. The van der Waals surface area contributed by atoms with Crippen molar-refractivity contribution < 1.29 is 39.5 Å². The van der Waals surface area contributed by atoms with Gasteiger partial charge in [0, 0.05) is 36.7 Å². The first-order valence-electron chi connectivity index (χ1n) is 9.95. The Hall–Kier alpha value is -3.88. The molecule has 3 saturated heterocycles. The molecule has 3 aliphatic heterocycles. The van der Waals surface area contributed by atoms with Crippen LogP contribution in [0.15, 0.2) is 30.0 Å². The number of hydrogen-bond acceptors (Lipinski definition) is 9. The summed E-state index contributed by atoms with van der Waals surface area (Å²) < 4.78 is 9.63. The van der Waals surface area contributed by atoms with Gasteiger partial charge in [0.15, 0.2) is 35.1 Å². The van der Waals surface area contributed by atoms with E-state index in [1.807, 2.05) is 4.90 Å². The number of phenolic OH excluding ortho intramolecular Hbond substituents is 4. The van der Waals surface area contributed by atoms with Gasteiger partial charge in [-0.15, -0.1) is 0 Å². The largest absolute Gasteiger partial charge is 0.507 e. The summed E-state index contributed by atoms with van der Waals surface area (Å²) in [4.78, 5) is 24.5. The molecule has 9 heteroatoms. The summed E-state index contributed by atoms with van der Waals surface area (Å²) >= 11 is 0. The molecule has 3 heterocycles. The van der Waals surface area contributed by atoms with Crippen LogP contribution in [0.4, 0.5) is 0 Å². The summed E-state index contributed by atoms with van der Waals surface area (Å²) in [5.74, 6) is 0.150. The van der Waals surface area contributed by atoms with Crippen LogP contribution in [0.2, 0.25) is 0 Å². The summed E-state index contributed by atoms with van der Waals surface area (Å²) in [5.41, 5.74) is 1.10. The van der Waals surface area contributed by atoms with Gasteiger partial charge in [0.05, 0.1) is 25.5 Å². The third-order valence-corrected chi connectivity index (χ3v) is 5.53. The number of aldehydes is 1. The Morgan fingerprint density at radius 1 is 0.844 bits per heavy atom. The minimum absolute atomic E-state index is 0.0115. The molecule has 2 bridgehead atoms. The van der Waals surface area contributed by atoms with E-state index >= 15 is 0 Å². The summed E-state index contributed by atoms with van der Waals surface area (Å²) in [6.45, 7) is 1.76. The molecule has 0 aromatic heterocycles. The second-order valence-corrected chi connectivity index (χ2v) is 7.44. The highest BCUT2D eigenvalue weighted by Gasteiger charge is 2.36. The van der Waals surface area contributed by atoms with Crippen molar-refractivity contribution in [2.75, 3.05) is 27.3 Å². The van der Waals surface area contributed by atoms with Crippen LogP contribution >= 0.6 is 0 Å². The standard InChI is InChI=1S/C15H17NO4.C8H8O4/c1-20-14-8-12(17)10(7-13(14)18)6-11-15(19)9-2-4-16(11)5-3-9;1-12-8-3-6(10)5(4-9)2-7(8)11/h6-9,17-18H,2-5H2,1H3;2-4,10-11H,1H3. The molecule has 5 rings (SSSR count). The topological polar surface area (TPSA) is 137 Å². The number of carbonyl (C=O) groups excluding carboxylic acids is 2. The smallest absolute Gasteiger partial charge is 0.182 e. The average Bonchev–Trinajstić information content (AvgIpc) is 2.80. The minimum Gasteiger partial charge on any atom is -0.507 e. The molecular weight excluding hydrogens is 418 g/mol. The molecule has 0 unspecified atom stereocenters. The lowest BCUT2D eigenvalue weighted by Crippen LogP contribution is -2.45. The zero-order valence-electron chi connectivity index (χ0n) is 17.7. The molecule has 3 fully saturated rings. The predicted octanol–water partition coefficient (Wildman–Crippen LogP) is 2.66. The molecule has 0 saturated carbocycles. The third-order valence-electron chi connectivity index (χ3n) is 5.53. The van der Waals surface area contributed by atoms with E-state index in [2.05, 4.69) is 0 Å². The number of carbonyl (C=O) groups is 2. The van der Waals surface area contributed by atoms with Gasteiger partial charge in [0.1, 0.15) is 11.5 Å². The molecule has 2 aromatic rings. The van der Waals surface area contributed by atoms with E-state index in [1.54, 1.807) is 6.08 Å². The number of nitrogens with zero attached hydrogens (tertiary/aromatic N) is 1. The molecular formula is C23H25NO8. The van der Waals surface area contributed by atoms with E-state index in [0.29, 0.717) is 17.5 Å². The molecule has 0 radical (unpaired) electrons. The second kappa shape index (κ2) is 9.51. The van der Waals surface area contributed by atoms with Gasteiger partial charge >= 0.3 is 0 Å². The number of benzene rings is 2. The van der Waals surface area contributed by atoms with Crippen molar-refractivity contribution in [3.8, 4) is 34.5 Å². The van der Waals surface area contributed by atoms with Crippen LogP contribution in [0.25, 0.3) is 6.08 Å². The number of rotatable bonds is 4. The van der Waals surface area contributed by atoms with Crippen molar-refractivity contribution in [2.24, 2.45) is 5.92 Å². The number of allylic oxidation sites excluding steroid dienone is 1. The maximum atomic E-state index is 12.2. The lowest BCUT2D eigenvalue weighted by Gasteiger charge is -2.41. The Bertz CT molecular complexity index is 1050. The van der Waals surface area contributed by atoms with E-state index in [4.69, 9.17) is 19.7 Å². The van der Waals surface area contributed by atoms with Gasteiger partial charge in [0.2, 0.25) is 0 Å². The van der Waals surface area contributed by atoms with Gasteiger partial charge in [-0.05, 0) is 31.1 Å². The van der Waals surface area contributed by atoms with Gasteiger partial charge in [-0.3, -0.25) is 9.59 Å². The molecule has 3 aliphatic rings. The Morgan fingerprint density at radius 2 is 1.34 bits per heavy atom. The molecule has 170 valence electrons. The van der Waals surface area contributed by atoms with Crippen molar-refractivity contribution in [3.05, 3.63) is 41.1 Å². The highest BCUT2D eigenvalue weighted by Crippen LogP contribution is 2.37. The van der Waals surface area contributed by atoms with Crippen molar-refractivity contribution in [1.29, 1.82) is 0 Å². The van der Waals surface area contributed by atoms with Gasteiger partial charge in [-0.2, -0.15) is 0 Å². The van der Waals surface area contributed by atoms with E-state index in [-0.39, 0.29) is 51.8 Å². The van der Waals surface area contributed by atoms with Crippen molar-refractivity contribution in [2.45, 2.75) is 12.8 Å². The number of hydrogen-bond donors (Lipinski definition) is 4. The lowest BCUT2D eigenvalue weighted by atomic mass is 9.84. The number of piperidine rings is 3. The summed E-state index contributed by atoms with van der Waals surface area (Å²) in [6.07, 6.45) is 3.93. The Kier molecular flexibility index (Phi) is 6.77. The Labute approximate surface area is 184 Å². The predicted molar refractivity (Wildman–Crippen MR) is 115 cm³/mol. The first-order chi connectivity index (χ1) is 15.3. The van der Waals surface area contributed by atoms with Crippen LogP contribution in [0.5, 0.6) is 34.5 Å². The fourth-order valence-electron chi connectivity index (χ4n) is 3.74. The van der Waals surface area contributed by atoms with Crippen molar-refractivity contribution in [3.63, 3.8) is 0 Å². The van der Waals surface area contributed by atoms with Crippen LogP contribution < -0.4 is 9.47 Å². The number of methoxy groups -OCH3 is 2. The van der Waals surface area contributed by atoms with E-state index in [1.165, 1.54) is 32.4 Å². The lowest BCUT2D eigenvalue weighted by molar-refractivity contribution is -0.125. The zero-order valence-corrected chi connectivity index (χ0v) is 17.7. The van der Waals surface area contributed by atoms with Crippen LogP contribution in [-0.4, -0.2) is 64.7 Å². The van der Waals surface area contributed by atoms with Crippen LogP contribution in [0.3, 0.4) is 0 Å². The highest BCUT2D eigenvalue weighted by atomic mass is 16.5. The normalized spacial score (nSPS) is 16.5. The molecule has 2 aromatic carbocycles. The number of fused-ring (bicyclic) bond motifs is 3. The fourth-order valence-corrected chi connectivity index (χ4v) is 3.74. The SMILES string of the molecule is COc1cc(O)c(C=C2C(=O)C3CCN2CC3)cc1O.COc1cc(O)c(C=O)cc1O. The number of Topliss-reactive ketones (excluding diaryl/α,β-unsaturated/α-hetero) is 1. The van der Waals surface area contributed by atoms with Gasteiger partial charge in [-0.1, -0.05) is 0 Å². The van der Waals surface area contributed by atoms with Crippen LogP contribution in [0, 0.1) is 5.92 Å². The molecule has 0 spiro atoms. The van der Waals surface area contributed by atoms with Gasteiger partial charge in [-0.25, -0.2) is 0 Å². The monoisotopic (exact) mass is 443 g/mol. The number of aromatic hydroxyl groups is 4. The quantitative estimate of drug-likeness (QED) is 0.319. The zero-order chi connectivity index (χ0) is 23.4. The molecule has 9 nitrogen and oxygen atoms in total. The number of ether oxygens (including phenoxy) is 2. The molecule has 0 amide bonds. The Morgan fingerprint density at radius 3 is 1.81 bits per heavy atom. The summed E-state index contributed by atoms with van der Waals surface area (Å²) in [7, 11) is 2.77. The highest BCUT2D eigenvalue weighted by molar-refractivity contribution is 6.02. The van der Waals surface area contributed by atoms with E-state index < -0.39 is 0 Å². The number of ketones is 1. The maximum absolute atomic E-state index is 12.2. The Balaban J connectivity index is 0.000000207. The fraction of sp³-hybridized carbons (Fsp3) is 0.304. The average molecular weight is 443 g/mol. The van der Waals surface area contributed by atoms with Crippen LogP contribution in [0.1, 0.15) is 28.8 Å². The van der Waals surface area contributed by atoms with Crippen LogP contribution in [-0.2, 0) is 4.79 Å². The van der Waals surface area contributed by atoms with E-state index in [9.17, 15) is 19.8 Å². The summed E-state index contributed by atoms with van der Waals surface area (Å²) in [6, 6.07) is 5.08. The molecule has 0 aliphatic carbocycles.